The standard InChI is InChI=1S/C14H12F3NO2S/c15-14(16,17)11-5-3-4-10(8-11)12(19)9-21-13-6-1-2-7-18(13)20/h1-8,12,19H,9H2. The first-order valence-corrected chi connectivity index (χ1v) is 7.02. The second-order valence-corrected chi connectivity index (χ2v) is 5.35. The minimum absolute atomic E-state index is 0.0908. The van der Waals surface area contributed by atoms with Gasteiger partial charge in [0.15, 0.2) is 6.20 Å². The van der Waals surface area contributed by atoms with Crippen LogP contribution in [0.5, 0.6) is 0 Å². The van der Waals surface area contributed by atoms with E-state index in [1.54, 1.807) is 18.2 Å². The molecule has 0 radical (unpaired) electrons. The topological polar surface area (TPSA) is 47.2 Å². The molecule has 0 spiro atoms. The summed E-state index contributed by atoms with van der Waals surface area (Å²) >= 11 is 1.08. The van der Waals surface area contributed by atoms with Crippen molar-refractivity contribution in [2.45, 2.75) is 17.3 Å². The van der Waals surface area contributed by atoms with E-state index in [0.29, 0.717) is 9.76 Å². The van der Waals surface area contributed by atoms with Gasteiger partial charge in [-0.05, 0) is 23.8 Å². The first-order valence-electron chi connectivity index (χ1n) is 6.04. The molecular formula is C14H12F3NO2S. The van der Waals surface area contributed by atoms with Crippen LogP contribution in [0.2, 0.25) is 0 Å². The Labute approximate surface area is 123 Å². The zero-order chi connectivity index (χ0) is 15.5. The van der Waals surface area contributed by atoms with E-state index in [9.17, 15) is 23.5 Å². The number of halogens is 3. The fourth-order valence-corrected chi connectivity index (χ4v) is 2.59. The number of hydrogen-bond donors (Lipinski definition) is 1. The van der Waals surface area contributed by atoms with Gasteiger partial charge >= 0.3 is 6.18 Å². The zero-order valence-corrected chi connectivity index (χ0v) is 11.6. The van der Waals surface area contributed by atoms with Crippen molar-refractivity contribution in [1.29, 1.82) is 0 Å². The second-order valence-electron chi connectivity index (χ2n) is 4.31. The fraction of sp³-hybridized carbons (Fsp3) is 0.214. The molecule has 1 atom stereocenters. The van der Waals surface area contributed by atoms with Gasteiger partial charge in [-0.15, -0.1) is 0 Å². The molecule has 0 bridgehead atoms. The highest BCUT2D eigenvalue weighted by atomic mass is 32.2. The molecular weight excluding hydrogens is 303 g/mol. The van der Waals surface area contributed by atoms with Crippen LogP contribution in [-0.2, 0) is 6.18 Å². The van der Waals surface area contributed by atoms with Gasteiger partial charge in [0.05, 0.1) is 11.7 Å². The van der Waals surface area contributed by atoms with Crippen molar-refractivity contribution in [1.82, 2.24) is 0 Å². The molecule has 3 nitrogen and oxygen atoms in total. The third-order valence-corrected chi connectivity index (χ3v) is 3.87. The lowest BCUT2D eigenvalue weighted by atomic mass is 10.1. The van der Waals surface area contributed by atoms with Crippen molar-refractivity contribution in [3.05, 3.63) is 65.0 Å². The molecule has 0 aliphatic carbocycles. The Balaban J connectivity index is 2.07. The quantitative estimate of drug-likeness (QED) is 0.535. The third kappa shape index (κ3) is 4.12. The van der Waals surface area contributed by atoms with Crippen LogP contribution in [0.25, 0.3) is 0 Å². The minimum atomic E-state index is -4.44. The van der Waals surface area contributed by atoms with Gasteiger partial charge in [0.25, 0.3) is 5.03 Å². The molecule has 1 heterocycles. The lowest BCUT2D eigenvalue weighted by Gasteiger charge is -2.13. The van der Waals surface area contributed by atoms with Crippen LogP contribution in [0.1, 0.15) is 17.2 Å². The first kappa shape index (κ1) is 15.7. The maximum atomic E-state index is 12.6. The second kappa shape index (κ2) is 6.36. The van der Waals surface area contributed by atoms with E-state index in [2.05, 4.69) is 0 Å². The summed E-state index contributed by atoms with van der Waals surface area (Å²) in [4.78, 5) is 0. The van der Waals surface area contributed by atoms with Gasteiger partial charge in [-0.1, -0.05) is 23.9 Å². The van der Waals surface area contributed by atoms with E-state index in [1.807, 2.05) is 0 Å². The molecule has 112 valence electrons. The molecule has 0 aliphatic heterocycles. The summed E-state index contributed by atoms with van der Waals surface area (Å²) in [6.07, 6.45) is -4.21. The Morgan fingerprint density at radius 3 is 2.62 bits per heavy atom. The molecule has 1 N–H and O–H groups in total. The van der Waals surface area contributed by atoms with Gasteiger partial charge in [-0.25, -0.2) is 0 Å². The summed E-state index contributed by atoms with van der Waals surface area (Å²) in [6, 6.07) is 9.37. The highest BCUT2D eigenvalue weighted by Gasteiger charge is 2.30. The summed E-state index contributed by atoms with van der Waals surface area (Å²) in [7, 11) is 0. The SMILES string of the molecule is [O-][n+]1ccccc1SCC(O)c1cccc(C(F)(F)F)c1. The number of benzene rings is 1. The van der Waals surface area contributed by atoms with Crippen molar-refractivity contribution >= 4 is 11.8 Å². The van der Waals surface area contributed by atoms with E-state index < -0.39 is 17.8 Å². The summed E-state index contributed by atoms with van der Waals surface area (Å²) < 4.78 is 38.5. The predicted octanol–water partition coefficient (Wildman–Crippen LogP) is 3.16. The van der Waals surface area contributed by atoms with Crippen LogP contribution < -0.4 is 4.73 Å². The van der Waals surface area contributed by atoms with Gasteiger partial charge in [0, 0.05) is 17.9 Å². The van der Waals surface area contributed by atoms with Gasteiger partial charge < -0.3 is 10.3 Å². The average molecular weight is 315 g/mol. The number of rotatable bonds is 4. The van der Waals surface area contributed by atoms with Crippen LogP contribution in [0, 0.1) is 5.21 Å². The number of pyridine rings is 1. The number of alkyl halides is 3. The lowest BCUT2D eigenvalue weighted by molar-refractivity contribution is -0.645. The monoisotopic (exact) mass is 315 g/mol. The molecule has 0 saturated carbocycles. The molecule has 1 aromatic heterocycles. The zero-order valence-electron chi connectivity index (χ0n) is 10.7. The Hall–Kier alpha value is -1.73. The summed E-state index contributed by atoms with van der Waals surface area (Å²) in [5.41, 5.74) is -0.631. The van der Waals surface area contributed by atoms with Crippen LogP contribution in [0.3, 0.4) is 0 Å². The van der Waals surface area contributed by atoms with E-state index >= 15 is 0 Å². The summed E-state index contributed by atoms with van der Waals surface area (Å²) in [5, 5.41) is 21.8. The first-order chi connectivity index (χ1) is 9.88. The van der Waals surface area contributed by atoms with E-state index in [4.69, 9.17) is 0 Å². The van der Waals surface area contributed by atoms with Crippen molar-refractivity contribution in [3.63, 3.8) is 0 Å². The molecule has 0 aliphatic rings. The molecule has 2 rings (SSSR count). The highest BCUT2D eigenvalue weighted by molar-refractivity contribution is 7.99. The molecule has 0 amide bonds. The number of hydrogen-bond acceptors (Lipinski definition) is 3. The molecule has 21 heavy (non-hydrogen) atoms. The van der Waals surface area contributed by atoms with Gasteiger partial charge in [0.1, 0.15) is 0 Å². The summed E-state index contributed by atoms with van der Waals surface area (Å²) in [5.74, 6) is 0.0908. The Morgan fingerprint density at radius 1 is 1.19 bits per heavy atom. The molecule has 2 aromatic rings. The largest absolute Gasteiger partial charge is 0.618 e. The molecule has 1 unspecified atom stereocenters. The number of thioether (sulfide) groups is 1. The van der Waals surface area contributed by atoms with Crippen molar-refractivity contribution < 1.29 is 23.0 Å². The van der Waals surface area contributed by atoms with Gasteiger partial charge in [-0.3, -0.25) is 0 Å². The van der Waals surface area contributed by atoms with Crippen LogP contribution in [-0.4, -0.2) is 10.9 Å². The maximum absolute atomic E-state index is 12.6. The number of aromatic nitrogens is 1. The molecule has 0 saturated heterocycles. The minimum Gasteiger partial charge on any atom is -0.618 e. The third-order valence-electron chi connectivity index (χ3n) is 2.78. The van der Waals surface area contributed by atoms with E-state index in [-0.39, 0.29) is 11.3 Å². The molecule has 1 aromatic carbocycles. The number of aliphatic hydroxyl groups is 1. The van der Waals surface area contributed by atoms with Gasteiger partial charge in [-0.2, -0.15) is 17.9 Å². The number of nitrogens with zero attached hydrogens (tertiary/aromatic N) is 1. The number of aliphatic hydroxyl groups excluding tert-OH is 1. The maximum Gasteiger partial charge on any atom is 0.416 e. The van der Waals surface area contributed by atoms with Crippen LogP contribution >= 0.6 is 11.8 Å². The van der Waals surface area contributed by atoms with Gasteiger partial charge in [0.2, 0.25) is 0 Å². The average Bonchev–Trinajstić information content (AvgIpc) is 2.45. The van der Waals surface area contributed by atoms with Crippen molar-refractivity contribution in [3.8, 4) is 0 Å². The van der Waals surface area contributed by atoms with E-state index in [1.165, 1.54) is 18.3 Å². The normalized spacial score (nSPS) is 13.1. The molecule has 7 heteroatoms. The van der Waals surface area contributed by atoms with Crippen LogP contribution in [0.15, 0.2) is 53.7 Å². The Bertz CT molecular complexity index is 619. The highest BCUT2D eigenvalue weighted by Crippen LogP contribution is 2.31. The Morgan fingerprint density at radius 2 is 1.95 bits per heavy atom. The van der Waals surface area contributed by atoms with Crippen LogP contribution in [0.4, 0.5) is 13.2 Å². The lowest BCUT2D eigenvalue weighted by Crippen LogP contribution is -2.28. The van der Waals surface area contributed by atoms with E-state index in [0.717, 1.165) is 23.9 Å². The Kier molecular flexibility index (Phi) is 4.74. The summed E-state index contributed by atoms with van der Waals surface area (Å²) in [6.45, 7) is 0. The molecule has 0 fully saturated rings. The van der Waals surface area contributed by atoms with Crippen molar-refractivity contribution in [2.75, 3.05) is 5.75 Å². The smallest absolute Gasteiger partial charge is 0.416 e. The van der Waals surface area contributed by atoms with Crippen molar-refractivity contribution in [2.24, 2.45) is 0 Å². The fourth-order valence-electron chi connectivity index (χ4n) is 1.71. The predicted molar refractivity (Wildman–Crippen MR) is 72.5 cm³/mol.